The van der Waals surface area contributed by atoms with Crippen molar-refractivity contribution in [2.75, 3.05) is 19.8 Å². The molecule has 0 radical (unpaired) electrons. The number of nitrogens with zero attached hydrogens (tertiary/aromatic N) is 4. The second-order valence-corrected chi connectivity index (χ2v) is 11.9. The quantitative estimate of drug-likeness (QED) is 0.0426. The summed E-state index contributed by atoms with van der Waals surface area (Å²) in [6.07, 6.45) is 0.375. The standard InChI is InChI=1S/C35H34BrFN6O4/c36-28-12-6-25(7-13-28)22-35(34(45)42-39-19-18-24-8-14-29(37)15-9-24)32(31-5-2-1-4-27(31)23-40-43-38)47-33(41-35)26-10-16-30(17-11-26)46-21-3-20-44/h1-2,4-17,32,39,44H,3,18-23H2,(H,42,45)/t32-,35-/m0/s1. The van der Waals surface area contributed by atoms with Gasteiger partial charge in [-0.25, -0.2) is 14.8 Å². The number of aliphatic imine (C=N–C) groups is 1. The van der Waals surface area contributed by atoms with Gasteiger partial charge < -0.3 is 14.6 Å². The highest BCUT2D eigenvalue weighted by Gasteiger charge is 2.53. The van der Waals surface area contributed by atoms with E-state index in [1.54, 1.807) is 24.3 Å². The maximum absolute atomic E-state index is 14.4. The van der Waals surface area contributed by atoms with E-state index in [1.165, 1.54) is 12.1 Å². The van der Waals surface area contributed by atoms with Gasteiger partial charge in [-0.1, -0.05) is 69.6 Å². The van der Waals surface area contributed by atoms with Crippen LogP contribution in [-0.4, -0.2) is 42.2 Å². The molecule has 0 saturated carbocycles. The number of azide groups is 1. The third-order valence-electron chi connectivity index (χ3n) is 7.71. The molecular weight excluding hydrogens is 667 g/mol. The van der Waals surface area contributed by atoms with Crippen molar-refractivity contribution in [2.45, 2.75) is 37.5 Å². The lowest BCUT2D eigenvalue weighted by molar-refractivity contribution is -0.130. The van der Waals surface area contributed by atoms with Gasteiger partial charge in [0.15, 0.2) is 11.6 Å². The highest BCUT2D eigenvalue weighted by Crippen LogP contribution is 2.44. The zero-order chi connectivity index (χ0) is 33.1. The van der Waals surface area contributed by atoms with E-state index in [1.807, 2.05) is 60.7 Å². The Morgan fingerprint density at radius 3 is 2.49 bits per heavy atom. The number of rotatable bonds is 15. The molecule has 4 aromatic carbocycles. The van der Waals surface area contributed by atoms with Gasteiger partial charge in [-0.3, -0.25) is 10.2 Å². The van der Waals surface area contributed by atoms with Crippen molar-refractivity contribution in [1.82, 2.24) is 10.9 Å². The van der Waals surface area contributed by atoms with Gasteiger partial charge in [-0.2, -0.15) is 0 Å². The van der Waals surface area contributed by atoms with E-state index in [0.717, 1.165) is 15.6 Å². The van der Waals surface area contributed by atoms with Gasteiger partial charge in [0.2, 0.25) is 5.90 Å². The van der Waals surface area contributed by atoms with Gasteiger partial charge in [0.1, 0.15) is 11.6 Å². The van der Waals surface area contributed by atoms with E-state index in [-0.39, 0.29) is 31.3 Å². The topological polar surface area (TPSA) is 141 Å². The summed E-state index contributed by atoms with van der Waals surface area (Å²) in [5.74, 6) is 0.174. The SMILES string of the molecule is [N-]=[N+]=NCc1ccccc1[C@@H]1OC(c2ccc(OCCCO)cc2)=N[C@]1(Cc1ccc(Br)cc1)C(=O)NNCCc1ccc(F)cc1. The number of hydrazine groups is 1. The van der Waals surface area contributed by atoms with Gasteiger partial charge in [-0.05, 0) is 82.7 Å². The number of halogens is 2. The van der Waals surface area contributed by atoms with Gasteiger partial charge >= 0.3 is 0 Å². The smallest absolute Gasteiger partial charge is 0.266 e. The van der Waals surface area contributed by atoms with Crippen LogP contribution in [0.25, 0.3) is 10.4 Å². The summed E-state index contributed by atoms with van der Waals surface area (Å²) < 4.78 is 26.6. The van der Waals surface area contributed by atoms with Crippen LogP contribution < -0.4 is 15.6 Å². The van der Waals surface area contributed by atoms with Crippen LogP contribution in [0.1, 0.15) is 40.3 Å². The van der Waals surface area contributed by atoms with Crippen LogP contribution >= 0.6 is 15.9 Å². The Hall–Kier alpha value is -4.74. The summed E-state index contributed by atoms with van der Waals surface area (Å²) in [6, 6.07) is 28.4. The molecular formula is C35H34BrFN6O4. The van der Waals surface area contributed by atoms with E-state index >= 15 is 0 Å². The fourth-order valence-electron chi connectivity index (χ4n) is 5.32. The zero-order valence-corrected chi connectivity index (χ0v) is 27.1. The van der Waals surface area contributed by atoms with Crippen molar-refractivity contribution in [3.63, 3.8) is 0 Å². The summed E-state index contributed by atoms with van der Waals surface area (Å²) in [5, 5.41) is 12.9. The molecule has 4 aromatic rings. The first-order chi connectivity index (χ1) is 22.9. The summed E-state index contributed by atoms with van der Waals surface area (Å²) in [5.41, 5.74) is 17.3. The third-order valence-corrected chi connectivity index (χ3v) is 8.24. The molecule has 0 bridgehead atoms. The minimum atomic E-state index is -1.48. The number of benzene rings is 4. The average Bonchev–Trinajstić information content (AvgIpc) is 3.48. The fraction of sp³-hybridized carbons (Fsp3) is 0.257. The summed E-state index contributed by atoms with van der Waals surface area (Å²) in [4.78, 5) is 22.4. The molecule has 12 heteroatoms. The van der Waals surface area contributed by atoms with Crippen LogP contribution in [0.15, 0.2) is 112 Å². The van der Waals surface area contributed by atoms with Crippen LogP contribution in [0, 0.1) is 5.82 Å². The molecule has 0 fully saturated rings. The molecule has 0 aliphatic carbocycles. The van der Waals surface area contributed by atoms with Crippen molar-refractivity contribution in [1.29, 1.82) is 0 Å². The number of aliphatic hydroxyl groups is 1. The lowest BCUT2D eigenvalue weighted by Crippen LogP contribution is -2.54. The first kappa shape index (κ1) is 33.6. The van der Waals surface area contributed by atoms with Crippen molar-refractivity contribution >= 4 is 27.7 Å². The maximum Gasteiger partial charge on any atom is 0.266 e. The number of nitrogens with one attached hydrogen (secondary N) is 2. The van der Waals surface area contributed by atoms with Crippen molar-refractivity contribution in [2.24, 2.45) is 10.1 Å². The lowest BCUT2D eigenvalue weighted by atomic mass is 9.81. The number of hydrogen-bond acceptors (Lipinski definition) is 7. The van der Waals surface area contributed by atoms with Crippen LogP contribution in [0.3, 0.4) is 0 Å². The maximum atomic E-state index is 14.4. The molecule has 0 aromatic heterocycles. The molecule has 1 heterocycles. The molecule has 1 aliphatic rings. The predicted molar refractivity (Wildman–Crippen MR) is 180 cm³/mol. The first-order valence-corrected chi connectivity index (χ1v) is 15.9. The Morgan fingerprint density at radius 1 is 1.04 bits per heavy atom. The van der Waals surface area contributed by atoms with Gasteiger partial charge in [0.25, 0.3) is 5.91 Å². The highest BCUT2D eigenvalue weighted by atomic mass is 79.9. The normalized spacial score (nSPS) is 16.9. The number of carbonyl (C=O) groups is 1. The zero-order valence-electron chi connectivity index (χ0n) is 25.5. The van der Waals surface area contributed by atoms with Gasteiger partial charge in [-0.15, -0.1) is 0 Å². The Balaban J connectivity index is 1.52. The molecule has 0 saturated heterocycles. The molecule has 0 spiro atoms. The summed E-state index contributed by atoms with van der Waals surface area (Å²) >= 11 is 3.49. The van der Waals surface area contributed by atoms with E-state index < -0.39 is 17.6 Å². The monoisotopic (exact) mass is 700 g/mol. The lowest BCUT2D eigenvalue weighted by Gasteiger charge is -2.32. The third kappa shape index (κ3) is 8.55. The van der Waals surface area contributed by atoms with E-state index in [9.17, 15) is 9.18 Å². The number of aliphatic hydroxyl groups excluding tert-OH is 1. The fourth-order valence-corrected chi connectivity index (χ4v) is 5.59. The molecule has 242 valence electrons. The Kier molecular flexibility index (Phi) is 11.6. The molecule has 47 heavy (non-hydrogen) atoms. The molecule has 5 rings (SSSR count). The van der Waals surface area contributed by atoms with E-state index in [4.69, 9.17) is 25.1 Å². The molecule has 10 nitrogen and oxygen atoms in total. The molecule has 1 amide bonds. The second kappa shape index (κ2) is 16.2. The predicted octanol–water partition coefficient (Wildman–Crippen LogP) is 6.52. The van der Waals surface area contributed by atoms with Crippen LogP contribution in [-0.2, 0) is 28.9 Å². The Morgan fingerprint density at radius 2 is 1.77 bits per heavy atom. The van der Waals surface area contributed by atoms with E-state index in [0.29, 0.717) is 48.4 Å². The Bertz CT molecular complexity index is 1730. The molecule has 3 N–H and O–H groups in total. The molecule has 0 unspecified atom stereocenters. The number of amides is 1. The summed E-state index contributed by atoms with van der Waals surface area (Å²) in [7, 11) is 0. The molecule has 1 aliphatic heterocycles. The van der Waals surface area contributed by atoms with Crippen LogP contribution in [0.4, 0.5) is 4.39 Å². The minimum absolute atomic E-state index is 0.0366. The summed E-state index contributed by atoms with van der Waals surface area (Å²) in [6.45, 7) is 0.865. The Labute approximate surface area is 280 Å². The first-order valence-electron chi connectivity index (χ1n) is 15.1. The number of ether oxygens (including phenoxy) is 2. The average molecular weight is 702 g/mol. The van der Waals surface area contributed by atoms with Crippen molar-refractivity contribution < 1.29 is 23.8 Å². The number of carbonyl (C=O) groups excluding carboxylic acids is 1. The highest BCUT2D eigenvalue weighted by molar-refractivity contribution is 9.10. The van der Waals surface area contributed by atoms with Gasteiger partial charge in [0, 0.05) is 40.9 Å². The number of hydrogen-bond donors (Lipinski definition) is 3. The second-order valence-electron chi connectivity index (χ2n) is 10.9. The van der Waals surface area contributed by atoms with Crippen LogP contribution in [0.5, 0.6) is 5.75 Å². The van der Waals surface area contributed by atoms with Crippen molar-refractivity contribution in [3.05, 3.63) is 146 Å². The van der Waals surface area contributed by atoms with Crippen molar-refractivity contribution in [3.8, 4) is 5.75 Å². The van der Waals surface area contributed by atoms with E-state index in [2.05, 4.69) is 36.8 Å². The molecule has 2 atom stereocenters. The minimum Gasteiger partial charge on any atom is -0.494 e. The van der Waals surface area contributed by atoms with Crippen LogP contribution in [0.2, 0.25) is 0 Å². The largest absolute Gasteiger partial charge is 0.494 e. The van der Waals surface area contributed by atoms with Gasteiger partial charge in [0.05, 0.1) is 13.2 Å².